The number of hydrogen-bond donors (Lipinski definition) is 4. The van der Waals surface area contributed by atoms with Crippen LogP contribution in [0.2, 0.25) is 0 Å². The second-order valence-corrected chi connectivity index (χ2v) is 6.62. The summed E-state index contributed by atoms with van der Waals surface area (Å²) >= 11 is 0. The zero-order chi connectivity index (χ0) is 19.8. The van der Waals surface area contributed by atoms with Crippen LogP contribution in [0.5, 0.6) is 0 Å². The quantitative estimate of drug-likeness (QED) is 0.496. The Hall–Kier alpha value is -2.90. The van der Waals surface area contributed by atoms with Gasteiger partial charge in [-0.25, -0.2) is 4.79 Å². The van der Waals surface area contributed by atoms with Gasteiger partial charge in [-0.05, 0) is 12.0 Å². The minimum Gasteiger partial charge on any atom is -0.480 e. The molecule has 0 bridgehead atoms. The van der Waals surface area contributed by atoms with E-state index in [1.165, 1.54) is 0 Å². The molecule has 146 valence electrons. The second kappa shape index (κ2) is 9.70. The van der Waals surface area contributed by atoms with E-state index < -0.39 is 35.9 Å². The number of carbonyl (C=O) groups excluding carboxylic acids is 3. The molecule has 1 fully saturated rings. The van der Waals surface area contributed by atoms with E-state index >= 15 is 0 Å². The van der Waals surface area contributed by atoms with Crippen LogP contribution in [0.1, 0.15) is 38.2 Å². The van der Waals surface area contributed by atoms with Gasteiger partial charge in [-0.2, -0.15) is 0 Å². The molecule has 8 heteroatoms. The van der Waals surface area contributed by atoms with Gasteiger partial charge in [0.1, 0.15) is 18.1 Å². The minimum atomic E-state index is -1.11. The molecule has 1 aromatic rings. The molecule has 0 radical (unpaired) electrons. The first-order chi connectivity index (χ1) is 12.9. The van der Waals surface area contributed by atoms with Crippen molar-refractivity contribution in [2.24, 2.45) is 0 Å². The Labute approximate surface area is 157 Å². The van der Waals surface area contributed by atoms with Gasteiger partial charge in [0.25, 0.3) is 0 Å². The molecule has 0 unspecified atom stereocenters. The summed E-state index contributed by atoms with van der Waals surface area (Å²) in [5.41, 5.74) is 0.911. The lowest BCUT2D eigenvalue weighted by Crippen LogP contribution is -2.63. The number of aliphatic carboxylic acids is 1. The van der Waals surface area contributed by atoms with Gasteiger partial charge >= 0.3 is 5.97 Å². The first-order valence-electron chi connectivity index (χ1n) is 9.07. The van der Waals surface area contributed by atoms with Crippen molar-refractivity contribution in [2.75, 3.05) is 0 Å². The number of unbranched alkanes of at least 4 members (excludes halogenated alkanes) is 1. The number of piperazine rings is 1. The van der Waals surface area contributed by atoms with E-state index in [-0.39, 0.29) is 12.3 Å². The molecule has 4 N–H and O–H groups in total. The third-order valence-corrected chi connectivity index (χ3v) is 4.42. The number of rotatable bonds is 9. The molecule has 1 aliphatic heterocycles. The number of benzene rings is 1. The molecular weight excluding hydrogens is 350 g/mol. The summed E-state index contributed by atoms with van der Waals surface area (Å²) in [6.07, 6.45) is 1.85. The largest absolute Gasteiger partial charge is 0.480 e. The van der Waals surface area contributed by atoms with Gasteiger partial charge in [0.15, 0.2) is 0 Å². The normalized spacial score (nSPS) is 20.3. The minimum absolute atomic E-state index is 0.300. The molecule has 1 aromatic carbocycles. The molecule has 3 atom stereocenters. The Balaban J connectivity index is 1.89. The fourth-order valence-electron chi connectivity index (χ4n) is 2.92. The van der Waals surface area contributed by atoms with E-state index in [9.17, 15) is 19.2 Å². The van der Waals surface area contributed by atoms with Crippen molar-refractivity contribution in [1.82, 2.24) is 16.0 Å². The number of carbonyl (C=O) groups is 4. The SMILES string of the molecule is CCCC[C@H](NC(=O)C[C@@H]1NC(=O)[C@H](Cc2ccccc2)NC1=O)C(=O)O. The van der Waals surface area contributed by atoms with Gasteiger partial charge in [-0.15, -0.1) is 0 Å². The number of nitrogens with one attached hydrogen (secondary N) is 3. The van der Waals surface area contributed by atoms with Crippen molar-refractivity contribution >= 4 is 23.7 Å². The van der Waals surface area contributed by atoms with E-state index in [1.807, 2.05) is 37.3 Å². The van der Waals surface area contributed by atoms with Crippen LogP contribution in [0.25, 0.3) is 0 Å². The summed E-state index contributed by atoms with van der Waals surface area (Å²) in [6.45, 7) is 1.93. The first kappa shape index (κ1) is 20.4. The summed E-state index contributed by atoms with van der Waals surface area (Å²) in [6, 6.07) is 6.59. The van der Waals surface area contributed by atoms with Crippen LogP contribution in [0.3, 0.4) is 0 Å². The standard InChI is InChI=1S/C19H25N3O5/c1-2-3-9-13(19(26)27)20-16(23)11-15-18(25)21-14(17(24)22-15)10-12-7-5-4-6-8-12/h4-8,13-15H,2-3,9-11H2,1H3,(H,20,23)(H,21,25)(H,22,24)(H,26,27)/t13-,14-,15-/m0/s1. The molecule has 0 aromatic heterocycles. The Kier molecular flexibility index (Phi) is 7.34. The van der Waals surface area contributed by atoms with Crippen molar-refractivity contribution in [2.45, 2.75) is 57.2 Å². The zero-order valence-corrected chi connectivity index (χ0v) is 15.2. The molecule has 0 saturated carbocycles. The van der Waals surface area contributed by atoms with Crippen LogP contribution < -0.4 is 16.0 Å². The highest BCUT2D eigenvalue weighted by Gasteiger charge is 2.35. The average Bonchev–Trinajstić information content (AvgIpc) is 2.63. The van der Waals surface area contributed by atoms with E-state index in [4.69, 9.17) is 5.11 Å². The van der Waals surface area contributed by atoms with Crippen molar-refractivity contribution in [3.8, 4) is 0 Å². The Bertz CT molecular complexity index is 692. The van der Waals surface area contributed by atoms with Crippen molar-refractivity contribution < 1.29 is 24.3 Å². The summed E-state index contributed by atoms with van der Waals surface area (Å²) in [4.78, 5) is 47.8. The monoisotopic (exact) mass is 375 g/mol. The highest BCUT2D eigenvalue weighted by atomic mass is 16.4. The van der Waals surface area contributed by atoms with Gasteiger partial charge in [0.05, 0.1) is 6.42 Å². The van der Waals surface area contributed by atoms with Gasteiger partial charge < -0.3 is 21.1 Å². The third kappa shape index (κ3) is 6.09. The highest BCUT2D eigenvalue weighted by Crippen LogP contribution is 2.09. The summed E-state index contributed by atoms with van der Waals surface area (Å²) < 4.78 is 0. The zero-order valence-electron chi connectivity index (χ0n) is 15.2. The number of carboxylic acid groups (broad SMARTS) is 1. The van der Waals surface area contributed by atoms with Crippen LogP contribution in [0.4, 0.5) is 0 Å². The summed E-state index contributed by atoms with van der Waals surface area (Å²) in [5.74, 6) is -2.51. The predicted octanol–water partition coefficient (Wildman–Crippen LogP) is 0.362. The van der Waals surface area contributed by atoms with E-state index in [0.29, 0.717) is 19.3 Å². The molecule has 1 saturated heterocycles. The average molecular weight is 375 g/mol. The smallest absolute Gasteiger partial charge is 0.326 e. The van der Waals surface area contributed by atoms with E-state index in [1.54, 1.807) is 0 Å². The fourth-order valence-corrected chi connectivity index (χ4v) is 2.92. The fraction of sp³-hybridized carbons (Fsp3) is 0.474. The summed E-state index contributed by atoms with van der Waals surface area (Å²) in [5, 5.41) is 16.8. The number of carboxylic acids is 1. The highest BCUT2D eigenvalue weighted by molar-refractivity contribution is 5.99. The lowest BCUT2D eigenvalue weighted by atomic mass is 10.0. The Morgan fingerprint density at radius 3 is 2.37 bits per heavy atom. The van der Waals surface area contributed by atoms with Gasteiger partial charge in [-0.3, -0.25) is 14.4 Å². The van der Waals surface area contributed by atoms with Crippen molar-refractivity contribution in [3.05, 3.63) is 35.9 Å². The van der Waals surface area contributed by atoms with Crippen LogP contribution in [0.15, 0.2) is 30.3 Å². The summed E-state index contributed by atoms with van der Waals surface area (Å²) in [7, 11) is 0. The number of hydrogen-bond acceptors (Lipinski definition) is 4. The van der Waals surface area contributed by atoms with Gasteiger partial charge in [-0.1, -0.05) is 50.1 Å². The maximum Gasteiger partial charge on any atom is 0.326 e. The van der Waals surface area contributed by atoms with Crippen molar-refractivity contribution in [1.29, 1.82) is 0 Å². The predicted molar refractivity (Wildman–Crippen MR) is 97.7 cm³/mol. The molecule has 1 aliphatic rings. The third-order valence-electron chi connectivity index (χ3n) is 4.42. The maximum absolute atomic E-state index is 12.3. The van der Waals surface area contributed by atoms with Gasteiger partial charge in [0.2, 0.25) is 17.7 Å². The van der Waals surface area contributed by atoms with E-state index in [2.05, 4.69) is 16.0 Å². The molecular formula is C19H25N3O5. The molecule has 27 heavy (non-hydrogen) atoms. The van der Waals surface area contributed by atoms with Crippen LogP contribution in [-0.2, 0) is 25.6 Å². The van der Waals surface area contributed by atoms with Crippen molar-refractivity contribution in [3.63, 3.8) is 0 Å². The molecule has 8 nitrogen and oxygen atoms in total. The second-order valence-electron chi connectivity index (χ2n) is 6.62. The Morgan fingerprint density at radius 2 is 1.74 bits per heavy atom. The lowest BCUT2D eigenvalue weighted by molar-refractivity contribution is -0.143. The van der Waals surface area contributed by atoms with E-state index in [0.717, 1.165) is 12.0 Å². The van der Waals surface area contributed by atoms with Crippen LogP contribution in [-0.4, -0.2) is 46.9 Å². The Morgan fingerprint density at radius 1 is 1.11 bits per heavy atom. The molecule has 1 heterocycles. The molecule has 0 aliphatic carbocycles. The van der Waals surface area contributed by atoms with Crippen LogP contribution >= 0.6 is 0 Å². The molecule has 0 spiro atoms. The maximum atomic E-state index is 12.3. The van der Waals surface area contributed by atoms with Gasteiger partial charge in [0, 0.05) is 6.42 Å². The first-order valence-corrected chi connectivity index (χ1v) is 9.07. The van der Waals surface area contributed by atoms with Crippen LogP contribution in [0, 0.1) is 0 Å². The lowest BCUT2D eigenvalue weighted by Gasteiger charge is -2.29. The number of amides is 3. The topological polar surface area (TPSA) is 125 Å². The molecule has 2 rings (SSSR count). The molecule has 3 amide bonds.